The quantitative estimate of drug-likeness (QED) is 0.454. The van der Waals surface area contributed by atoms with Crippen molar-refractivity contribution >= 4 is 34.1 Å². The van der Waals surface area contributed by atoms with E-state index < -0.39 is 0 Å². The van der Waals surface area contributed by atoms with Gasteiger partial charge in [-0.1, -0.05) is 41.4 Å². The van der Waals surface area contributed by atoms with Crippen LogP contribution in [0.4, 0.5) is 5.69 Å². The summed E-state index contributed by atoms with van der Waals surface area (Å²) in [6.07, 6.45) is 1.56. The van der Waals surface area contributed by atoms with Gasteiger partial charge in [-0.25, -0.2) is 4.98 Å². The molecule has 0 bridgehead atoms. The number of aryl methyl sites for hydroxylation is 2. The van der Waals surface area contributed by atoms with E-state index in [1.54, 1.807) is 36.4 Å². The first-order valence-corrected chi connectivity index (χ1v) is 10.2. The van der Waals surface area contributed by atoms with Gasteiger partial charge in [0.1, 0.15) is 5.75 Å². The number of hydrogen-bond donors (Lipinski definition) is 1. The standard InChI is InChI=1S/C24H20ClN3O3/c1-16-6-9-18(10-7-16)31-22-11-8-17(25)14-21(22)27-23(29)12-13-28-15-26-20-5-3-2-4-19(20)24(28)30/h2-11,14-15H,12-13H2,1H3,(H,27,29). The molecular formula is C24H20ClN3O3. The normalized spacial score (nSPS) is 10.8. The van der Waals surface area contributed by atoms with Gasteiger partial charge in [-0.3, -0.25) is 14.2 Å². The van der Waals surface area contributed by atoms with Crippen LogP contribution in [0.25, 0.3) is 10.9 Å². The molecule has 156 valence electrons. The fourth-order valence-corrected chi connectivity index (χ4v) is 3.29. The predicted octanol–water partition coefficient (Wildman–Crippen LogP) is 5.18. The molecule has 7 heteroatoms. The minimum absolute atomic E-state index is 0.0937. The van der Waals surface area contributed by atoms with Gasteiger partial charge in [-0.05, 0) is 49.4 Å². The van der Waals surface area contributed by atoms with E-state index in [2.05, 4.69) is 10.3 Å². The molecule has 1 aromatic heterocycles. The molecule has 0 saturated heterocycles. The molecule has 0 aliphatic rings. The number of nitrogens with one attached hydrogen (secondary N) is 1. The maximum atomic E-state index is 12.6. The first kappa shape index (κ1) is 20.6. The van der Waals surface area contributed by atoms with E-state index >= 15 is 0 Å². The van der Waals surface area contributed by atoms with Crippen molar-refractivity contribution in [3.8, 4) is 11.5 Å². The highest BCUT2D eigenvalue weighted by Crippen LogP contribution is 2.32. The van der Waals surface area contributed by atoms with Gasteiger partial charge in [0.2, 0.25) is 5.91 Å². The van der Waals surface area contributed by atoms with Crippen molar-refractivity contribution in [3.05, 3.63) is 94.0 Å². The summed E-state index contributed by atoms with van der Waals surface area (Å²) < 4.78 is 7.35. The molecule has 0 radical (unpaired) electrons. The summed E-state index contributed by atoms with van der Waals surface area (Å²) >= 11 is 6.11. The molecule has 1 heterocycles. The lowest BCUT2D eigenvalue weighted by atomic mass is 10.2. The van der Waals surface area contributed by atoms with Gasteiger partial charge in [-0.2, -0.15) is 0 Å². The van der Waals surface area contributed by atoms with Gasteiger partial charge in [-0.15, -0.1) is 0 Å². The summed E-state index contributed by atoms with van der Waals surface area (Å²) in [7, 11) is 0. The van der Waals surface area contributed by atoms with Gasteiger partial charge in [0.25, 0.3) is 5.56 Å². The summed E-state index contributed by atoms with van der Waals surface area (Å²) in [4.78, 5) is 29.4. The van der Waals surface area contributed by atoms with Gasteiger partial charge in [0, 0.05) is 18.0 Å². The van der Waals surface area contributed by atoms with E-state index in [0.717, 1.165) is 5.56 Å². The monoisotopic (exact) mass is 433 g/mol. The zero-order valence-electron chi connectivity index (χ0n) is 16.8. The van der Waals surface area contributed by atoms with Crippen LogP contribution in [0.15, 0.2) is 77.9 Å². The third-order valence-electron chi connectivity index (χ3n) is 4.78. The summed E-state index contributed by atoms with van der Waals surface area (Å²) in [5.41, 5.74) is 2.03. The number of halogens is 1. The molecule has 0 spiro atoms. The second-order valence-corrected chi connectivity index (χ2v) is 7.55. The number of ether oxygens (including phenoxy) is 1. The Hall–Kier alpha value is -3.64. The van der Waals surface area contributed by atoms with E-state index in [1.807, 2.05) is 37.3 Å². The van der Waals surface area contributed by atoms with Crippen LogP contribution in [0.2, 0.25) is 5.02 Å². The molecule has 0 aliphatic heterocycles. The Morgan fingerprint density at radius 3 is 2.68 bits per heavy atom. The number of nitrogens with zero attached hydrogens (tertiary/aromatic N) is 2. The zero-order valence-corrected chi connectivity index (χ0v) is 17.6. The van der Waals surface area contributed by atoms with Crippen molar-refractivity contribution in [2.45, 2.75) is 19.9 Å². The molecule has 0 fully saturated rings. The molecule has 1 N–H and O–H groups in total. The number of carbonyl (C=O) groups excluding carboxylic acids is 1. The molecule has 4 rings (SSSR count). The fourth-order valence-electron chi connectivity index (χ4n) is 3.12. The van der Waals surface area contributed by atoms with Crippen molar-refractivity contribution in [2.24, 2.45) is 0 Å². The summed E-state index contributed by atoms with van der Waals surface area (Å²) in [5.74, 6) is 0.861. The summed E-state index contributed by atoms with van der Waals surface area (Å²) in [5, 5.41) is 3.82. The molecule has 31 heavy (non-hydrogen) atoms. The molecule has 0 aliphatic carbocycles. The fraction of sp³-hybridized carbons (Fsp3) is 0.125. The predicted molar refractivity (Wildman–Crippen MR) is 122 cm³/mol. The van der Waals surface area contributed by atoms with Crippen LogP contribution in [0.3, 0.4) is 0 Å². The molecule has 3 aromatic carbocycles. The van der Waals surface area contributed by atoms with Gasteiger partial charge in [0.05, 0.1) is 22.9 Å². The first-order chi connectivity index (χ1) is 15.0. The summed E-state index contributed by atoms with van der Waals surface area (Å²) in [6.45, 7) is 2.20. The number of benzene rings is 3. The third kappa shape index (κ3) is 4.92. The number of para-hydroxylation sites is 1. The van der Waals surface area contributed by atoms with Crippen LogP contribution in [-0.4, -0.2) is 15.5 Å². The number of anilines is 1. The Balaban J connectivity index is 1.47. The largest absolute Gasteiger partial charge is 0.455 e. The topological polar surface area (TPSA) is 73.2 Å². The van der Waals surface area contributed by atoms with Crippen LogP contribution in [0, 0.1) is 6.92 Å². The Kier molecular flexibility index (Phi) is 6.00. The Morgan fingerprint density at radius 2 is 1.87 bits per heavy atom. The molecule has 4 aromatic rings. The molecular weight excluding hydrogens is 414 g/mol. The van der Waals surface area contributed by atoms with E-state index in [-0.39, 0.29) is 24.4 Å². The average Bonchev–Trinajstić information content (AvgIpc) is 2.77. The zero-order chi connectivity index (χ0) is 21.8. The molecule has 1 amide bonds. The van der Waals surface area contributed by atoms with Gasteiger partial charge in [0.15, 0.2) is 5.75 Å². The van der Waals surface area contributed by atoms with Crippen molar-refractivity contribution in [1.82, 2.24) is 9.55 Å². The van der Waals surface area contributed by atoms with Crippen LogP contribution in [0.5, 0.6) is 11.5 Å². The lowest BCUT2D eigenvalue weighted by Gasteiger charge is -2.13. The number of carbonyl (C=O) groups is 1. The first-order valence-electron chi connectivity index (χ1n) is 9.78. The van der Waals surface area contributed by atoms with Crippen molar-refractivity contribution < 1.29 is 9.53 Å². The van der Waals surface area contributed by atoms with E-state index in [9.17, 15) is 9.59 Å². The lowest BCUT2D eigenvalue weighted by molar-refractivity contribution is -0.116. The number of rotatable bonds is 6. The van der Waals surface area contributed by atoms with Crippen molar-refractivity contribution in [1.29, 1.82) is 0 Å². The second-order valence-electron chi connectivity index (χ2n) is 7.11. The number of amides is 1. The van der Waals surface area contributed by atoms with Crippen LogP contribution in [0.1, 0.15) is 12.0 Å². The van der Waals surface area contributed by atoms with Crippen molar-refractivity contribution in [3.63, 3.8) is 0 Å². The molecule has 0 saturated carbocycles. The summed E-state index contributed by atoms with van der Waals surface area (Å²) in [6, 6.07) is 19.7. The smallest absolute Gasteiger partial charge is 0.261 e. The van der Waals surface area contributed by atoms with E-state index in [0.29, 0.717) is 33.1 Å². The Labute approximate surface area is 184 Å². The second kappa shape index (κ2) is 9.02. The highest BCUT2D eigenvalue weighted by molar-refractivity contribution is 6.31. The highest BCUT2D eigenvalue weighted by Gasteiger charge is 2.11. The Morgan fingerprint density at radius 1 is 1.10 bits per heavy atom. The van der Waals surface area contributed by atoms with Crippen molar-refractivity contribution in [2.75, 3.05) is 5.32 Å². The highest BCUT2D eigenvalue weighted by atomic mass is 35.5. The van der Waals surface area contributed by atoms with E-state index in [1.165, 1.54) is 10.9 Å². The minimum atomic E-state index is -0.268. The maximum Gasteiger partial charge on any atom is 0.261 e. The van der Waals surface area contributed by atoms with Crippen LogP contribution < -0.4 is 15.6 Å². The average molecular weight is 434 g/mol. The number of fused-ring (bicyclic) bond motifs is 1. The maximum absolute atomic E-state index is 12.6. The molecule has 0 atom stereocenters. The molecule has 6 nitrogen and oxygen atoms in total. The Bertz CT molecular complexity index is 1300. The van der Waals surface area contributed by atoms with E-state index in [4.69, 9.17) is 16.3 Å². The third-order valence-corrected chi connectivity index (χ3v) is 5.01. The molecule has 0 unspecified atom stereocenters. The minimum Gasteiger partial charge on any atom is -0.455 e. The number of hydrogen-bond acceptors (Lipinski definition) is 4. The van der Waals surface area contributed by atoms with Crippen LogP contribution in [-0.2, 0) is 11.3 Å². The van der Waals surface area contributed by atoms with Gasteiger partial charge < -0.3 is 10.1 Å². The van der Waals surface area contributed by atoms with Crippen LogP contribution >= 0.6 is 11.6 Å². The lowest BCUT2D eigenvalue weighted by Crippen LogP contribution is -2.23. The van der Waals surface area contributed by atoms with Gasteiger partial charge >= 0.3 is 0 Å². The SMILES string of the molecule is Cc1ccc(Oc2ccc(Cl)cc2NC(=O)CCn2cnc3ccccc3c2=O)cc1. The number of aromatic nitrogens is 2.